The first kappa shape index (κ1) is 12.7. The van der Waals surface area contributed by atoms with Crippen molar-refractivity contribution in [2.24, 2.45) is 0 Å². The molecule has 110 valence electrons. The lowest BCUT2D eigenvalue weighted by Gasteiger charge is -2.39. The lowest BCUT2D eigenvalue weighted by Crippen LogP contribution is -2.53. The van der Waals surface area contributed by atoms with E-state index >= 15 is 0 Å². The first-order valence-corrected chi connectivity index (χ1v) is 7.17. The predicted molar refractivity (Wildman–Crippen MR) is 75.5 cm³/mol. The van der Waals surface area contributed by atoms with Crippen LogP contribution in [0.3, 0.4) is 0 Å². The Bertz CT molecular complexity index is 609. The van der Waals surface area contributed by atoms with Crippen molar-refractivity contribution in [1.29, 1.82) is 0 Å². The molecule has 0 bridgehead atoms. The fourth-order valence-corrected chi connectivity index (χ4v) is 2.96. The Hall–Kier alpha value is -1.99. The van der Waals surface area contributed by atoms with Gasteiger partial charge in [0.05, 0.1) is 25.4 Å². The lowest BCUT2D eigenvalue weighted by atomic mass is 10.0. The molecule has 0 amide bonds. The van der Waals surface area contributed by atoms with Crippen molar-refractivity contribution >= 4 is 5.95 Å². The van der Waals surface area contributed by atoms with E-state index in [1.54, 1.807) is 4.68 Å². The normalized spacial score (nSPS) is 25.6. The fraction of sp³-hybridized carbons (Fsp3) is 0.500. The summed E-state index contributed by atoms with van der Waals surface area (Å²) < 4.78 is 13.2. The van der Waals surface area contributed by atoms with E-state index in [0.717, 1.165) is 37.8 Å². The molecule has 1 aromatic heterocycles. The maximum atomic E-state index is 5.96. The van der Waals surface area contributed by atoms with E-state index in [9.17, 15) is 0 Å². The van der Waals surface area contributed by atoms with Gasteiger partial charge in [0.1, 0.15) is 5.60 Å². The largest absolute Gasteiger partial charge is 0.378 e. The highest BCUT2D eigenvalue weighted by Gasteiger charge is 2.41. The Balaban J connectivity index is 1.64. The molecule has 2 aromatic rings. The molecular formula is C14H17N5O2. The Kier molecular flexibility index (Phi) is 3.08. The summed E-state index contributed by atoms with van der Waals surface area (Å²) in [5.74, 6) is 0.760. The monoisotopic (exact) mass is 287 g/mol. The zero-order valence-corrected chi connectivity index (χ0v) is 11.7. The molecule has 1 atom stereocenters. The fourth-order valence-electron chi connectivity index (χ4n) is 2.96. The van der Waals surface area contributed by atoms with Crippen molar-refractivity contribution in [2.45, 2.75) is 12.0 Å². The molecule has 7 heteroatoms. The smallest absolute Gasteiger partial charge is 0.250 e. The van der Waals surface area contributed by atoms with E-state index in [-0.39, 0.29) is 5.60 Å². The molecule has 4 rings (SSSR count). The van der Waals surface area contributed by atoms with Gasteiger partial charge in [0.15, 0.2) is 0 Å². The van der Waals surface area contributed by atoms with Crippen LogP contribution in [0.15, 0.2) is 30.3 Å². The molecule has 2 saturated heterocycles. The second-order valence-electron chi connectivity index (χ2n) is 5.48. The van der Waals surface area contributed by atoms with Crippen LogP contribution >= 0.6 is 0 Å². The highest BCUT2D eigenvalue weighted by atomic mass is 16.6. The average Bonchev–Trinajstić information content (AvgIpc) is 3.18. The van der Waals surface area contributed by atoms with Crippen LogP contribution in [0.5, 0.6) is 0 Å². The van der Waals surface area contributed by atoms with E-state index in [4.69, 9.17) is 9.47 Å². The number of ether oxygens (including phenoxy) is 2. The highest BCUT2D eigenvalue weighted by molar-refractivity contribution is 5.41. The summed E-state index contributed by atoms with van der Waals surface area (Å²) in [6.07, 6.45) is 0.927. The highest BCUT2D eigenvalue weighted by Crippen LogP contribution is 2.29. The quantitative estimate of drug-likeness (QED) is 0.808. The SMILES string of the molecule is c1ccc(-n2nnnc2N2CCOC3(CCOC3)C2)cc1. The van der Waals surface area contributed by atoms with Crippen LogP contribution < -0.4 is 4.90 Å². The summed E-state index contributed by atoms with van der Waals surface area (Å²) >= 11 is 0. The number of hydrogen-bond acceptors (Lipinski definition) is 6. The maximum absolute atomic E-state index is 5.96. The minimum atomic E-state index is -0.203. The van der Waals surface area contributed by atoms with Crippen LogP contribution in [0.25, 0.3) is 5.69 Å². The zero-order chi connectivity index (χ0) is 14.1. The van der Waals surface area contributed by atoms with Gasteiger partial charge in [-0.05, 0) is 22.6 Å². The molecule has 0 N–H and O–H groups in total. The molecule has 0 saturated carbocycles. The molecule has 1 unspecified atom stereocenters. The summed E-state index contributed by atoms with van der Waals surface area (Å²) in [6.45, 7) is 3.63. The lowest BCUT2D eigenvalue weighted by molar-refractivity contribution is -0.0584. The van der Waals surface area contributed by atoms with Gasteiger partial charge in [-0.2, -0.15) is 4.68 Å². The number of benzene rings is 1. The number of para-hydroxylation sites is 1. The number of hydrogen-bond donors (Lipinski definition) is 0. The van der Waals surface area contributed by atoms with Crippen molar-refractivity contribution in [2.75, 3.05) is 37.8 Å². The second kappa shape index (κ2) is 5.09. The van der Waals surface area contributed by atoms with Gasteiger partial charge in [-0.3, -0.25) is 0 Å². The van der Waals surface area contributed by atoms with Crippen LogP contribution in [0.1, 0.15) is 6.42 Å². The average molecular weight is 287 g/mol. The molecule has 2 aliphatic heterocycles. The second-order valence-corrected chi connectivity index (χ2v) is 5.48. The van der Waals surface area contributed by atoms with Crippen molar-refractivity contribution in [3.8, 4) is 5.69 Å². The van der Waals surface area contributed by atoms with Crippen molar-refractivity contribution in [3.05, 3.63) is 30.3 Å². The number of tetrazole rings is 1. The summed E-state index contributed by atoms with van der Waals surface area (Å²) in [6, 6.07) is 9.93. The Morgan fingerprint density at radius 1 is 1.14 bits per heavy atom. The Morgan fingerprint density at radius 3 is 2.86 bits per heavy atom. The van der Waals surface area contributed by atoms with Gasteiger partial charge < -0.3 is 14.4 Å². The number of morpholine rings is 1. The minimum Gasteiger partial charge on any atom is -0.378 e. The molecular weight excluding hydrogens is 270 g/mol. The molecule has 2 fully saturated rings. The standard InChI is InChI=1S/C14H17N5O2/c1-2-4-12(5-3-1)19-13(15-16-17-19)18-7-9-21-14(10-18)6-8-20-11-14/h1-5H,6-11H2. The van der Waals surface area contributed by atoms with Crippen molar-refractivity contribution < 1.29 is 9.47 Å². The first-order chi connectivity index (χ1) is 10.4. The Labute approximate surface area is 122 Å². The van der Waals surface area contributed by atoms with Gasteiger partial charge in [0.25, 0.3) is 5.95 Å². The number of aromatic nitrogens is 4. The minimum absolute atomic E-state index is 0.203. The molecule has 1 aromatic carbocycles. The topological polar surface area (TPSA) is 65.3 Å². The van der Waals surface area contributed by atoms with Crippen LogP contribution in [0, 0.1) is 0 Å². The van der Waals surface area contributed by atoms with Crippen LogP contribution in [0.4, 0.5) is 5.95 Å². The molecule has 0 aliphatic carbocycles. The van der Waals surface area contributed by atoms with Gasteiger partial charge in [0, 0.05) is 19.6 Å². The molecule has 7 nitrogen and oxygen atoms in total. The van der Waals surface area contributed by atoms with E-state index in [2.05, 4.69) is 20.4 Å². The third kappa shape index (κ3) is 2.28. The van der Waals surface area contributed by atoms with Gasteiger partial charge >= 0.3 is 0 Å². The summed E-state index contributed by atoms with van der Waals surface area (Å²) in [4.78, 5) is 2.19. The zero-order valence-electron chi connectivity index (χ0n) is 11.7. The third-order valence-corrected chi connectivity index (χ3v) is 4.05. The van der Waals surface area contributed by atoms with E-state index < -0.39 is 0 Å². The maximum Gasteiger partial charge on any atom is 0.250 e. The summed E-state index contributed by atoms with van der Waals surface area (Å²) in [5.41, 5.74) is 0.756. The van der Waals surface area contributed by atoms with Crippen LogP contribution in [-0.4, -0.2) is 58.7 Å². The van der Waals surface area contributed by atoms with E-state index in [0.29, 0.717) is 13.2 Å². The molecule has 0 radical (unpaired) electrons. The summed E-state index contributed by atoms with van der Waals surface area (Å²) in [5, 5.41) is 12.2. The van der Waals surface area contributed by atoms with Gasteiger partial charge in [0.2, 0.25) is 0 Å². The first-order valence-electron chi connectivity index (χ1n) is 7.17. The van der Waals surface area contributed by atoms with Crippen LogP contribution in [-0.2, 0) is 9.47 Å². The van der Waals surface area contributed by atoms with E-state index in [1.165, 1.54) is 0 Å². The third-order valence-electron chi connectivity index (χ3n) is 4.05. The van der Waals surface area contributed by atoms with E-state index in [1.807, 2.05) is 30.3 Å². The summed E-state index contributed by atoms with van der Waals surface area (Å²) in [7, 11) is 0. The molecule has 2 aliphatic rings. The van der Waals surface area contributed by atoms with Crippen LogP contribution in [0.2, 0.25) is 0 Å². The number of nitrogens with zero attached hydrogens (tertiary/aromatic N) is 5. The predicted octanol–water partition coefficient (Wildman–Crippen LogP) is 0.658. The Morgan fingerprint density at radius 2 is 2.05 bits per heavy atom. The molecule has 3 heterocycles. The molecule has 21 heavy (non-hydrogen) atoms. The van der Waals surface area contributed by atoms with Gasteiger partial charge in [-0.25, -0.2) is 0 Å². The van der Waals surface area contributed by atoms with Gasteiger partial charge in [-0.15, -0.1) is 0 Å². The molecule has 1 spiro atoms. The van der Waals surface area contributed by atoms with Crippen molar-refractivity contribution in [1.82, 2.24) is 20.2 Å². The number of rotatable bonds is 2. The number of anilines is 1. The van der Waals surface area contributed by atoms with Crippen molar-refractivity contribution in [3.63, 3.8) is 0 Å². The van der Waals surface area contributed by atoms with Gasteiger partial charge in [-0.1, -0.05) is 23.3 Å².